The highest BCUT2D eigenvalue weighted by atomic mass is 127. The van der Waals surface area contributed by atoms with Crippen molar-refractivity contribution in [2.45, 2.75) is 41.7 Å². The topological polar surface area (TPSA) is 18.5 Å². The maximum absolute atomic E-state index is 13.6. The second-order valence-electron chi connectivity index (χ2n) is 4.17. The van der Waals surface area contributed by atoms with E-state index in [0.717, 1.165) is 0 Å². The smallest absolute Gasteiger partial charge is 0.281 e. The van der Waals surface area contributed by atoms with Gasteiger partial charge in [-0.2, -0.15) is 61.5 Å². The van der Waals surface area contributed by atoms with Gasteiger partial charge in [-0.15, -0.1) is 0 Å². The summed E-state index contributed by atoms with van der Waals surface area (Å²) in [5.74, 6) is -14.5. The first-order valence-electron chi connectivity index (χ1n) is 5.27. The van der Waals surface area contributed by atoms with Crippen LogP contribution < -0.4 is 0 Å². The molecule has 0 radical (unpaired) electrons. The van der Waals surface area contributed by atoms with Crippen LogP contribution >= 0.6 is 34.2 Å². The highest BCUT2D eigenvalue weighted by Gasteiger charge is 2.83. The number of alkyl halides is 16. The lowest BCUT2D eigenvalue weighted by Crippen LogP contribution is -2.65. The van der Waals surface area contributed by atoms with Crippen LogP contribution in [0.4, 0.5) is 61.5 Å². The molecule has 0 fully saturated rings. The fourth-order valence-electron chi connectivity index (χ4n) is 0.971. The van der Waals surface area contributed by atoms with E-state index in [4.69, 9.17) is 0 Å². The van der Waals surface area contributed by atoms with E-state index >= 15 is 0 Å². The molecule has 0 spiro atoms. The molecule has 18 heteroatoms. The molecule has 0 bridgehead atoms. The van der Waals surface area contributed by atoms with Gasteiger partial charge < -0.3 is 0 Å². The Balaban J connectivity index is 6.14. The van der Waals surface area contributed by atoms with Crippen LogP contribution in [0.2, 0.25) is 0 Å². The first-order valence-corrected chi connectivity index (χ1v) is 7.18. The quantitative estimate of drug-likeness (QED) is 0.219. The highest BCUT2D eigenvalue weighted by Crippen LogP contribution is 2.55. The number of halogens is 16. The van der Waals surface area contributed by atoms with Crippen LogP contribution in [0.15, 0.2) is 0 Å². The number of ether oxygens (including phenoxy) is 2. The summed E-state index contributed by atoms with van der Waals surface area (Å²) in [7, 11) is 0. The molecular formula is C8H2ClF14IO2. The van der Waals surface area contributed by atoms with Gasteiger partial charge in [-0.25, -0.2) is 4.74 Å². The van der Waals surface area contributed by atoms with Crippen molar-refractivity contribution < 1.29 is 70.9 Å². The molecule has 0 heterocycles. The third-order valence-corrected chi connectivity index (χ3v) is 3.81. The van der Waals surface area contributed by atoms with Crippen molar-refractivity contribution in [2.75, 3.05) is 4.43 Å². The second-order valence-corrected chi connectivity index (χ2v) is 5.50. The van der Waals surface area contributed by atoms with E-state index in [2.05, 4.69) is 16.3 Å². The van der Waals surface area contributed by atoms with Gasteiger partial charge in [0, 0.05) is 0 Å². The largest absolute Gasteiger partial charge is 0.462 e. The summed E-state index contributed by atoms with van der Waals surface area (Å²) in [6.45, 7) is 0. The summed E-state index contributed by atoms with van der Waals surface area (Å²) in [6.07, 6.45) is -29.2. The van der Waals surface area contributed by atoms with E-state index in [1.54, 1.807) is 0 Å². The summed E-state index contributed by atoms with van der Waals surface area (Å²) < 4.78 is 179. The van der Waals surface area contributed by atoms with E-state index in [-0.39, 0.29) is 0 Å². The Morgan fingerprint density at radius 2 is 1.00 bits per heavy atom. The molecular weight excluding hydrogens is 556 g/mol. The maximum atomic E-state index is 13.6. The Labute approximate surface area is 151 Å². The molecule has 0 rings (SSSR count). The Morgan fingerprint density at radius 1 is 0.615 bits per heavy atom. The summed E-state index contributed by atoms with van der Waals surface area (Å²) >= 11 is 5.12. The van der Waals surface area contributed by atoms with E-state index in [1.807, 2.05) is 0 Å². The minimum Gasteiger partial charge on any atom is -0.281 e. The Hall–Kier alpha value is -0.0400. The predicted octanol–water partition coefficient (Wildman–Crippen LogP) is 5.93. The van der Waals surface area contributed by atoms with Crippen molar-refractivity contribution in [2.24, 2.45) is 0 Å². The van der Waals surface area contributed by atoms with Crippen LogP contribution in [0.3, 0.4) is 0 Å². The van der Waals surface area contributed by atoms with E-state index in [9.17, 15) is 61.5 Å². The number of rotatable bonds is 7. The lowest BCUT2D eigenvalue weighted by atomic mass is 10.2. The lowest BCUT2D eigenvalue weighted by Gasteiger charge is -2.38. The van der Waals surface area contributed by atoms with Crippen LogP contribution in [0.5, 0.6) is 0 Å². The molecule has 2 unspecified atom stereocenters. The van der Waals surface area contributed by atoms with Crippen LogP contribution in [-0.2, 0) is 9.47 Å². The van der Waals surface area contributed by atoms with Crippen molar-refractivity contribution >= 4 is 34.2 Å². The molecule has 0 aromatic heterocycles. The molecule has 0 aromatic carbocycles. The number of hydrogen-bond acceptors (Lipinski definition) is 2. The van der Waals surface area contributed by atoms with Gasteiger partial charge in [0.15, 0.2) is 0 Å². The fraction of sp³-hybridized carbons (Fsp3) is 1.00. The minimum atomic E-state index is -7.49. The number of hydrogen-bond donors (Lipinski definition) is 0. The monoisotopic (exact) mass is 558 g/mol. The van der Waals surface area contributed by atoms with Crippen molar-refractivity contribution in [3.8, 4) is 0 Å². The van der Waals surface area contributed by atoms with Crippen LogP contribution in [0.1, 0.15) is 0 Å². The Morgan fingerprint density at radius 3 is 1.27 bits per heavy atom. The summed E-state index contributed by atoms with van der Waals surface area (Å²) in [5.41, 5.74) is 0. The summed E-state index contributed by atoms with van der Waals surface area (Å²) in [4.78, 5) is 0. The molecule has 0 aliphatic heterocycles. The van der Waals surface area contributed by atoms with E-state index in [1.165, 1.54) is 4.74 Å². The molecule has 2 atom stereocenters. The fourth-order valence-corrected chi connectivity index (χ4v) is 1.23. The third kappa shape index (κ3) is 4.86. The van der Waals surface area contributed by atoms with Gasteiger partial charge in [0.05, 0.1) is 4.43 Å². The standard InChI is InChI=1S/C8H2ClF14IO2/c9-2(10,1-24)25-4(13,6(17,18)19)8(22,23)26-7(20,21)3(11,12)5(14,15)16/h1H2. The summed E-state index contributed by atoms with van der Waals surface area (Å²) in [6, 6.07) is 0. The zero-order valence-electron chi connectivity index (χ0n) is 11.1. The summed E-state index contributed by atoms with van der Waals surface area (Å²) in [5, 5.41) is -4.47. The molecule has 0 aromatic rings. The predicted molar refractivity (Wildman–Crippen MR) is 61.5 cm³/mol. The molecule has 0 saturated heterocycles. The van der Waals surface area contributed by atoms with Crippen molar-refractivity contribution in [3.63, 3.8) is 0 Å². The molecule has 158 valence electrons. The zero-order chi connectivity index (χ0) is 21.6. The van der Waals surface area contributed by atoms with E-state index in [0.29, 0.717) is 22.6 Å². The van der Waals surface area contributed by atoms with Crippen molar-refractivity contribution in [3.05, 3.63) is 0 Å². The van der Waals surface area contributed by atoms with Gasteiger partial charge in [-0.05, 0) is 0 Å². The molecule has 0 aliphatic rings. The van der Waals surface area contributed by atoms with Crippen LogP contribution in [0, 0.1) is 0 Å². The van der Waals surface area contributed by atoms with Gasteiger partial charge in [0.2, 0.25) is 0 Å². The first-order chi connectivity index (χ1) is 11.0. The van der Waals surface area contributed by atoms with E-state index < -0.39 is 46.1 Å². The van der Waals surface area contributed by atoms with Gasteiger partial charge in [0.25, 0.3) is 5.31 Å². The maximum Gasteiger partial charge on any atom is 0.462 e. The van der Waals surface area contributed by atoms with Crippen LogP contribution in [0.25, 0.3) is 0 Å². The molecule has 26 heavy (non-hydrogen) atoms. The van der Waals surface area contributed by atoms with Crippen LogP contribution in [-0.4, -0.2) is 46.1 Å². The van der Waals surface area contributed by atoms with Crippen molar-refractivity contribution in [1.82, 2.24) is 0 Å². The normalized spacial score (nSPS) is 19.8. The zero-order valence-corrected chi connectivity index (χ0v) is 14.0. The average Bonchev–Trinajstić information content (AvgIpc) is 2.33. The Kier molecular flexibility index (Phi) is 7.08. The first kappa shape index (κ1) is 26.0. The van der Waals surface area contributed by atoms with Gasteiger partial charge in [0.1, 0.15) is 0 Å². The lowest BCUT2D eigenvalue weighted by molar-refractivity contribution is -0.536. The van der Waals surface area contributed by atoms with Gasteiger partial charge in [-0.1, -0.05) is 34.2 Å². The minimum absolute atomic E-state index is 0.710. The average molecular weight is 558 g/mol. The molecule has 0 N–H and O–H groups in total. The third-order valence-electron chi connectivity index (χ3n) is 2.16. The van der Waals surface area contributed by atoms with Gasteiger partial charge >= 0.3 is 36.3 Å². The Bertz CT molecular complexity index is 502. The molecule has 0 amide bonds. The van der Waals surface area contributed by atoms with Gasteiger partial charge in [-0.3, -0.25) is 4.74 Å². The molecule has 0 aliphatic carbocycles. The SMILES string of the molecule is FC(Cl)(CI)OC(F)(C(F)(F)F)C(F)(F)OC(F)(F)C(F)(F)C(F)(F)F. The molecule has 2 nitrogen and oxygen atoms in total. The second kappa shape index (κ2) is 7.09. The van der Waals surface area contributed by atoms with Crippen molar-refractivity contribution in [1.29, 1.82) is 0 Å². The molecule has 0 saturated carbocycles. The highest BCUT2D eigenvalue weighted by molar-refractivity contribution is 14.1.